The van der Waals surface area contributed by atoms with E-state index in [0.717, 1.165) is 12.1 Å². The molecule has 0 saturated carbocycles. The van der Waals surface area contributed by atoms with Crippen molar-refractivity contribution >= 4 is 7.75 Å². The molecule has 1 fully saturated rings. The third kappa shape index (κ3) is 2.81. The van der Waals surface area contributed by atoms with E-state index in [1.165, 1.54) is 0 Å². The number of hydrogen-bond donors (Lipinski definition) is 0. The topological polar surface area (TPSA) is 60.8 Å². The minimum Gasteiger partial charge on any atom is -0.312 e. The third-order valence-electron chi connectivity index (χ3n) is 4.39. The van der Waals surface area contributed by atoms with E-state index in [0.29, 0.717) is 38.8 Å². The maximum absolute atomic E-state index is 13.0. The second kappa shape index (κ2) is 6.28. The van der Waals surface area contributed by atoms with Crippen LogP contribution in [-0.4, -0.2) is 35.5 Å². The zero-order valence-corrected chi connectivity index (χ0v) is 14.0. The monoisotopic (exact) mass is 326 g/mol. The molecule has 1 aromatic rings. The standard InChI is InChI=1S/C15H23N2O4P/c1-3-20-22(19,21-4-2)16-9-12-8-13(11-16)14-6-5-7-15(18)17(14)10-12/h5-7,12-13H,3-4,8-11H2,1-2H3. The molecule has 0 amide bonds. The van der Waals surface area contributed by atoms with Gasteiger partial charge in [-0.25, -0.2) is 9.24 Å². The lowest BCUT2D eigenvalue weighted by Gasteiger charge is -2.44. The van der Waals surface area contributed by atoms with Crippen LogP contribution in [0.5, 0.6) is 0 Å². The van der Waals surface area contributed by atoms with E-state index in [9.17, 15) is 9.36 Å². The van der Waals surface area contributed by atoms with Crippen LogP contribution in [0.4, 0.5) is 0 Å². The smallest absolute Gasteiger partial charge is 0.312 e. The lowest BCUT2D eigenvalue weighted by Crippen LogP contribution is -2.46. The van der Waals surface area contributed by atoms with E-state index in [2.05, 4.69) is 0 Å². The molecular formula is C15H23N2O4P. The Morgan fingerprint density at radius 2 is 1.91 bits per heavy atom. The fraction of sp³-hybridized carbons (Fsp3) is 0.667. The van der Waals surface area contributed by atoms with Crippen LogP contribution in [0.25, 0.3) is 0 Å². The number of fused-ring (bicyclic) bond motifs is 4. The molecule has 7 heteroatoms. The van der Waals surface area contributed by atoms with Crippen LogP contribution in [-0.2, 0) is 20.2 Å². The quantitative estimate of drug-likeness (QED) is 0.778. The van der Waals surface area contributed by atoms with Crippen molar-refractivity contribution < 1.29 is 13.6 Å². The second-order valence-corrected chi connectivity index (χ2v) is 7.89. The van der Waals surface area contributed by atoms with E-state index < -0.39 is 7.75 Å². The predicted octanol–water partition coefficient (Wildman–Crippen LogP) is 2.45. The minimum atomic E-state index is -3.23. The molecule has 2 bridgehead atoms. The molecule has 2 unspecified atom stereocenters. The highest BCUT2D eigenvalue weighted by Crippen LogP contribution is 2.55. The van der Waals surface area contributed by atoms with E-state index in [-0.39, 0.29) is 11.5 Å². The van der Waals surface area contributed by atoms with Crippen LogP contribution >= 0.6 is 7.75 Å². The summed E-state index contributed by atoms with van der Waals surface area (Å²) in [4.78, 5) is 12.0. The van der Waals surface area contributed by atoms with Crippen LogP contribution in [0, 0.1) is 5.92 Å². The summed E-state index contributed by atoms with van der Waals surface area (Å²) in [5.74, 6) is 0.510. The summed E-state index contributed by atoms with van der Waals surface area (Å²) >= 11 is 0. The summed E-state index contributed by atoms with van der Waals surface area (Å²) in [7, 11) is -3.23. The molecule has 22 heavy (non-hydrogen) atoms. The summed E-state index contributed by atoms with van der Waals surface area (Å²) in [5, 5.41) is 0. The largest absolute Gasteiger partial charge is 0.408 e. The Kier molecular flexibility index (Phi) is 4.55. The van der Waals surface area contributed by atoms with Gasteiger partial charge in [-0.3, -0.25) is 13.8 Å². The lowest BCUT2D eigenvalue weighted by molar-refractivity contribution is 0.117. The Balaban J connectivity index is 1.89. The highest BCUT2D eigenvalue weighted by Gasteiger charge is 2.42. The van der Waals surface area contributed by atoms with Crippen molar-refractivity contribution in [1.82, 2.24) is 9.24 Å². The first-order chi connectivity index (χ1) is 10.6. The summed E-state index contributed by atoms with van der Waals surface area (Å²) in [6.07, 6.45) is 1.03. The first kappa shape index (κ1) is 15.9. The van der Waals surface area contributed by atoms with Gasteiger partial charge in [-0.15, -0.1) is 0 Å². The maximum Gasteiger partial charge on any atom is 0.408 e. The van der Waals surface area contributed by atoms with Crippen LogP contribution < -0.4 is 5.56 Å². The van der Waals surface area contributed by atoms with Crippen molar-refractivity contribution in [2.45, 2.75) is 32.7 Å². The molecular weight excluding hydrogens is 303 g/mol. The zero-order valence-electron chi connectivity index (χ0n) is 13.1. The van der Waals surface area contributed by atoms with Gasteiger partial charge in [0.05, 0.1) is 13.2 Å². The van der Waals surface area contributed by atoms with Gasteiger partial charge in [-0.2, -0.15) is 0 Å². The molecule has 1 aromatic heterocycles. The maximum atomic E-state index is 13.0. The molecule has 3 rings (SSSR count). The van der Waals surface area contributed by atoms with Gasteiger partial charge in [0.2, 0.25) is 0 Å². The summed E-state index contributed by atoms with van der Waals surface area (Å²) in [5.41, 5.74) is 1.09. The number of aromatic nitrogens is 1. The minimum absolute atomic E-state index is 0.0541. The predicted molar refractivity (Wildman–Crippen MR) is 84.0 cm³/mol. The molecule has 0 aliphatic carbocycles. The summed E-state index contributed by atoms with van der Waals surface area (Å²) in [6.45, 7) is 6.31. The number of pyridine rings is 1. The Hall–Kier alpha value is -0.940. The summed E-state index contributed by atoms with van der Waals surface area (Å²) < 4.78 is 27.7. The van der Waals surface area contributed by atoms with Gasteiger partial charge in [-0.05, 0) is 32.3 Å². The fourth-order valence-corrected chi connectivity index (χ4v) is 5.48. The Labute approximate surface area is 130 Å². The van der Waals surface area contributed by atoms with Crippen molar-refractivity contribution in [2.75, 3.05) is 26.3 Å². The Bertz CT molecular complexity index is 635. The van der Waals surface area contributed by atoms with Gasteiger partial charge in [0.25, 0.3) is 5.56 Å². The van der Waals surface area contributed by atoms with Crippen LogP contribution in [0.1, 0.15) is 31.9 Å². The van der Waals surface area contributed by atoms with Crippen molar-refractivity contribution in [3.63, 3.8) is 0 Å². The number of hydrogen-bond acceptors (Lipinski definition) is 4. The van der Waals surface area contributed by atoms with E-state index in [1.54, 1.807) is 12.1 Å². The van der Waals surface area contributed by atoms with Gasteiger partial charge < -0.3 is 4.57 Å². The Morgan fingerprint density at radius 1 is 1.18 bits per heavy atom. The van der Waals surface area contributed by atoms with E-state index in [4.69, 9.17) is 9.05 Å². The molecule has 2 atom stereocenters. The first-order valence-corrected chi connectivity index (χ1v) is 9.41. The van der Waals surface area contributed by atoms with Crippen molar-refractivity contribution in [2.24, 2.45) is 5.92 Å². The van der Waals surface area contributed by atoms with Gasteiger partial charge in [-0.1, -0.05) is 6.07 Å². The van der Waals surface area contributed by atoms with E-state index in [1.807, 2.05) is 29.2 Å². The highest BCUT2D eigenvalue weighted by atomic mass is 31.2. The normalized spacial score (nSPS) is 25.0. The van der Waals surface area contributed by atoms with Gasteiger partial charge >= 0.3 is 7.75 Å². The Morgan fingerprint density at radius 3 is 2.59 bits per heavy atom. The van der Waals surface area contributed by atoms with Crippen molar-refractivity contribution in [3.8, 4) is 0 Å². The van der Waals surface area contributed by atoms with Gasteiger partial charge in [0, 0.05) is 37.3 Å². The van der Waals surface area contributed by atoms with Gasteiger partial charge in [0.15, 0.2) is 0 Å². The number of piperidine rings is 1. The highest BCUT2D eigenvalue weighted by molar-refractivity contribution is 7.51. The molecule has 6 nitrogen and oxygen atoms in total. The zero-order chi connectivity index (χ0) is 15.7. The molecule has 0 radical (unpaired) electrons. The van der Waals surface area contributed by atoms with E-state index >= 15 is 0 Å². The van der Waals surface area contributed by atoms with Crippen LogP contribution in [0.3, 0.4) is 0 Å². The van der Waals surface area contributed by atoms with Crippen LogP contribution in [0.15, 0.2) is 23.0 Å². The van der Waals surface area contributed by atoms with Crippen LogP contribution in [0.2, 0.25) is 0 Å². The summed E-state index contributed by atoms with van der Waals surface area (Å²) in [6, 6.07) is 5.41. The number of nitrogens with zero attached hydrogens (tertiary/aromatic N) is 2. The molecule has 2 aliphatic heterocycles. The number of rotatable bonds is 5. The average Bonchev–Trinajstić information content (AvgIpc) is 2.49. The molecule has 0 aromatic carbocycles. The first-order valence-electron chi connectivity index (χ1n) is 7.91. The molecule has 0 spiro atoms. The van der Waals surface area contributed by atoms with Crippen molar-refractivity contribution in [1.29, 1.82) is 0 Å². The molecule has 0 N–H and O–H groups in total. The molecule has 2 aliphatic rings. The average molecular weight is 326 g/mol. The van der Waals surface area contributed by atoms with Crippen molar-refractivity contribution in [3.05, 3.63) is 34.2 Å². The second-order valence-electron chi connectivity index (χ2n) is 5.87. The third-order valence-corrected chi connectivity index (χ3v) is 6.58. The molecule has 122 valence electrons. The fourth-order valence-electron chi connectivity index (χ4n) is 3.60. The molecule has 3 heterocycles. The SMILES string of the molecule is CCOP(=O)(OCC)N1CC2CC(C1)c1cccc(=O)n1C2. The van der Waals surface area contributed by atoms with Gasteiger partial charge in [0.1, 0.15) is 0 Å². The molecule has 1 saturated heterocycles. The lowest BCUT2D eigenvalue weighted by atomic mass is 9.84.